The number of hydrogen-bond acceptors (Lipinski definition) is 3. The van der Waals surface area contributed by atoms with Crippen LogP contribution >= 0.6 is 0 Å². The Bertz CT molecular complexity index is 743. The standard InChI is InChI=1S/C17H22N4O2/c1-12-13-10-18-9-2-14(13)21(20-12)11-16-3-6-17(7-4-16,8-5-16)19-15(22)23/h2,9-10,19H,3-8,11H2,1H3,(H,22,23). The maximum Gasteiger partial charge on any atom is 0.405 e. The zero-order chi connectivity index (χ0) is 16.1. The van der Waals surface area contributed by atoms with Crippen LogP contribution in [0.25, 0.3) is 10.9 Å². The van der Waals surface area contributed by atoms with E-state index in [9.17, 15) is 4.79 Å². The first-order valence-corrected chi connectivity index (χ1v) is 8.29. The number of nitrogens with one attached hydrogen (secondary N) is 1. The largest absolute Gasteiger partial charge is 0.465 e. The van der Waals surface area contributed by atoms with Crippen molar-refractivity contribution in [2.24, 2.45) is 5.41 Å². The molecule has 2 aromatic rings. The lowest BCUT2D eigenvalue weighted by Gasteiger charge is -2.53. The van der Waals surface area contributed by atoms with Crippen molar-refractivity contribution >= 4 is 17.0 Å². The Kier molecular flexibility index (Phi) is 3.11. The van der Waals surface area contributed by atoms with Crippen LogP contribution in [-0.2, 0) is 6.54 Å². The Morgan fingerprint density at radius 2 is 2.00 bits per heavy atom. The number of carboxylic acid groups (broad SMARTS) is 1. The fourth-order valence-corrected chi connectivity index (χ4v) is 4.53. The molecule has 2 N–H and O–H groups in total. The molecule has 1 amide bonds. The van der Waals surface area contributed by atoms with E-state index in [2.05, 4.69) is 15.0 Å². The van der Waals surface area contributed by atoms with Crippen LogP contribution in [0.15, 0.2) is 18.5 Å². The van der Waals surface area contributed by atoms with Gasteiger partial charge in [-0.1, -0.05) is 0 Å². The first-order chi connectivity index (χ1) is 11.0. The van der Waals surface area contributed by atoms with Crippen molar-refractivity contribution in [3.05, 3.63) is 24.2 Å². The highest BCUT2D eigenvalue weighted by molar-refractivity contribution is 5.80. The molecule has 3 fully saturated rings. The first kappa shape index (κ1) is 14.5. The predicted molar refractivity (Wildman–Crippen MR) is 86.3 cm³/mol. The molecule has 0 aliphatic heterocycles. The normalized spacial score (nSPS) is 29.8. The third kappa shape index (κ3) is 2.36. The van der Waals surface area contributed by atoms with E-state index in [1.54, 1.807) is 0 Å². The van der Waals surface area contributed by atoms with E-state index in [4.69, 9.17) is 10.2 Å². The number of carbonyl (C=O) groups is 1. The van der Waals surface area contributed by atoms with Crippen molar-refractivity contribution in [3.63, 3.8) is 0 Å². The minimum atomic E-state index is -0.888. The molecule has 0 unspecified atom stereocenters. The van der Waals surface area contributed by atoms with E-state index in [1.165, 1.54) is 0 Å². The molecule has 0 saturated heterocycles. The summed E-state index contributed by atoms with van der Waals surface area (Å²) in [7, 11) is 0. The van der Waals surface area contributed by atoms with Gasteiger partial charge in [0.2, 0.25) is 0 Å². The van der Waals surface area contributed by atoms with Crippen LogP contribution in [0.3, 0.4) is 0 Å². The van der Waals surface area contributed by atoms with Crippen molar-refractivity contribution in [2.45, 2.75) is 57.5 Å². The van der Waals surface area contributed by atoms with E-state index in [-0.39, 0.29) is 11.0 Å². The van der Waals surface area contributed by atoms with Crippen LogP contribution in [0.2, 0.25) is 0 Å². The molecule has 6 nitrogen and oxygen atoms in total. The maximum atomic E-state index is 11.0. The summed E-state index contributed by atoms with van der Waals surface area (Å²) in [5.41, 5.74) is 2.26. The van der Waals surface area contributed by atoms with E-state index in [1.807, 2.05) is 25.4 Å². The van der Waals surface area contributed by atoms with Crippen LogP contribution in [0.5, 0.6) is 0 Å². The van der Waals surface area contributed by atoms with Gasteiger partial charge in [0.25, 0.3) is 0 Å². The van der Waals surface area contributed by atoms with Gasteiger partial charge in [-0.2, -0.15) is 5.10 Å². The van der Waals surface area contributed by atoms with Gasteiger partial charge >= 0.3 is 6.09 Å². The zero-order valence-corrected chi connectivity index (χ0v) is 13.4. The van der Waals surface area contributed by atoms with Crippen molar-refractivity contribution in [1.29, 1.82) is 0 Å². The van der Waals surface area contributed by atoms with Crippen LogP contribution < -0.4 is 5.32 Å². The molecule has 0 radical (unpaired) electrons. The molecule has 5 rings (SSSR count). The van der Waals surface area contributed by atoms with Crippen LogP contribution in [0, 0.1) is 12.3 Å². The highest BCUT2D eigenvalue weighted by atomic mass is 16.4. The second-order valence-corrected chi connectivity index (χ2v) is 7.35. The van der Waals surface area contributed by atoms with Gasteiger partial charge in [-0.3, -0.25) is 9.67 Å². The average Bonchev–Trinajstić information content (AvgIpc) is 2.85. The average molecular weight is 314 g/mol. The van der Waals surface area contributed by atoms with E-state index < -0.39 is 6.09 Å². The van der Waals surface area contributed by atoms with Gasteiger partial charge in [-0.05, 0) is 56.9 Å². The summed E-state index contributed by atoms with van der Waals surface area (Å²) >= 11 is 0. The van der Waals surface area contributed by atoms with Gasteiger partial charge in [0.15, 0.2) is 0 Å². The Morgan fingerprint density at radius 1 is 1.30 bits per heavy atom. The predicted octanol–water partition coefficient (Wildman–Crippen LogP) is 3.10. The number of hydrogen-bond donors (Lipinski definition) is 2. The highest BCUT2D eigenvalue weighted by Crippen LogP contribution is 2.53. The highest BCUT2D eigenvalue weighted by Gasteiger charge is 2.49. The molecule has 0 aromatic carbocycles. The minimum Gasteiger partial charge on any atom is -0.465 e. The number of nitrogens with zero attached hydrogens (tertiary/aromatic N) is 3. The van der Waals surface area contributed by atoms with Gasteiger partial charge in [-0.15, -0.1) is 0 Å². The van der Waals surface area contributed by atoms with E-state index >= 15 is 0 Å². The quantitative estimate of drug-likeness (QED) is 0.912. The smallest absolute Gasteiger partial charge is 0.405 e. The number of rotatable bonds is 3. The monoisotopic (exact) mass is 314 g/mol. The lowest BCUT2D eigenvalue weighted by molar-refractivity contribution is 0.0109. The van der Waals surface area contributed by atoms with Crippen molar-refractivity contribution < 1.29 is 9.90 Å². The lowest BCUT2D eigenvalue weighted by Crippen LogP contribution is -2.57. The number of amides is 1. The molecule has 23 heavy (non-hydrogen) atoms. The minimum absolute atomic E-state index is 0.181. The maximum absolute atomic E-state index is 11.0. The number of aromatic nitrogens is 3. The fraction of sp³-hybridized carbons (Fsp3) is 0.588. The van der Waals surface area contributed by atoms with Crippen molar-refractivity contribution in [2.75, 3.05) is 0 Å². The summed E-state index contributed by atoms with van der Waals surface area (Å²) in [6, 6.07) is 2.04. The Balaban J connectivity index is 1.57. The molecule has 6 heteroatoms. The fourth-order valence-electron chi connectivity index (χ4n) is 4.53. The third-order valence-corrected chi connectivity index (χ3v) is 6.00. The van der Waals surface area contributed by atoms with Gasteiger partial charge in [0, 0.05) is 29.9 Å². The molecule has 3 saturated carbocycles. The van der Waals surface area contributed by atoms with Gasteiger partial charge in [-0.25, -0.2) is 4.79 Å². The van der Waals surface area contributed by atoms with Crippen LogP contribution in [-0.4, -0.2) is 31.5 Å². The molecule has 2 heterocycles. The van der Waals surface area contributed by atoms with E-state index in [0.717, 1.165) is 61.7 Å². The second-order valence-electron chi connectivity index (χ2n) is 7.35. The number of pyridine rings is 1. The second kappa shape index (κ2) is 4.94. The topological polar surface area (TPSA) is 80.0 Å². The van der Waals surface area contributed by atoms with Crippen molar-refractivity contribution in [1.82, 2.24) is 20.1 Å². The zero-order valence-electron chi connectivity index (χ0n) is 13.4. The summed E-state index contributed by atoms with van der Waals surface area (Å²) in [6.07, 6.45) is 8.85. The molecule has 0 atom stereocenters. The van der Waals surface area contributed by atoms with E-state index in [0.29, 0.717) is 0 Å². The molecule has 122 valence electrons. The molecular weight excluding hydrogens is 292 g/mol. The Hall–Kier alpha value is -2.11. The lowest BCUT2D eigenvalue weighted by atomic mass is 9.57. The summed E-state index contributed by atoms with van der Waals surface area (Å²) in [6.45, 7) is 2.95. The van der Waals surface area contributed by atoms with Gasteiger partial charge < -0.3 is 10.4 Å². The Morgan fingerprint density at radius 3 is 2.65 bits per heavy atom. The first-order valence-electron chi connectivity index (χ1n) is 8.29. The summed E-state index contributed by atoms with van der Waals surface area (Å²) in [4.78, 5) is 15.2. The number of aryl methyl sites for hydroxylation is 1. The molecule has 3 aliphatic rings. The van der Waals surface area contributed by atoms with Crippen molar-refractivity contribution in [3.8, 4) is 0 Å². The van der Waals surface area contributed by atoms with Crippen LogP contribution in [0.1, 0.15) is 44.2 Å². The molecule has 0 spiro atoms. The molecule has 3 aliphatic carbocycles. The summed E-state index contributed by atoms with van der Waals surface area (Å²) in [5.74, 6) is 0. The van der Waals surface area contributed by atoms with Crippen LogP contribution in [0.4, 0.5) is 4.79 Å². The Labute approximate surface area is 134 Å². The molecular formula is C17H22N4O2. The summed E-state index contributed by atoms with van der Waals surface area (Å²) < 4.78 is 2.13. The van der Waals surface area contributed by atoms with Gasteiger partial charge in [0.1, 0.15) is 0 Å². The third-order valence-electron chi connectivity index (χ3n) is 6.00. The number of fused-ring (bicyclic) bond motifs is 4. The van der Waals surface area contributed by atoms with Gasteiger partial charge in [0.05, 0.1) is 11.2 Å². The molecule has 2 aromatic heterocycles. The summed E-state index contributed by atoms with van der Waals surface area (Å²) in [5, 5.41) is 17.7. The molecule has 2 bridgehead atoms. The SMILES string of the molecule is Cc1nn(CC23CCC(NC(=O)O)(CC2)CC3)c2ccncc12.